The average molecular weight is 375 g/mol. The van der Waals surface area contributed by atoms with Gasteiger partial charge in [0.2, 0.25) is 5.91 Å². The summed E-state index contributed by atoms with van der Waals surface area (Å²) in [5, 5.41) is 3.61. The number of aromatic nitrogens is 1. The molecule has 1 aromatic heterocycles. The number of benzene rings is 2. The van der Waals surface area contributed by atoms with Crippen LogP contribution in [0.15, 0.2) is 47.4 Å². The Morgan fingerprint density at radius 1 is 1.16 bits per heavy atom. The number of sulfonamides is 1. The highest BCUT2D eigenvalue weighted by molar-refractivity contribution is 7.92. The molecule has 0 saturated carbocycles. The Balaban J connectivity index is 1.79. The van der Waals surface area contributed by atoms with E-state index < -0.39 is 10.0 Å². The predicted octanol–water partition coefficient (Wildman–Crippen LogP) is 3.04. The summed E-state index contributed by atoms with van der Waals surface area (Å²) in [7, 11) is -3.68. The monoisotopic (exact) mass is 375 g/mol. The Labute approximate surface area is 150 Å². The van der Waals surface area contributed by atoms with E-state index in [1.54, 1.807) is 30.3 Å². The molecule has 0 atom stereocenters. The van der Waals surface area contributed by atoms with E-state index >= 15 is 0 Å². The van der Waals surface area contributed by atoms with Gasteiger partial charge in [-0.05, 0) is 42.8 Å². The van der Waals surface area contributed by atoms with E-state index in [1.807, 2.05) is 6.92 Å². The van der Waals surface area contributed by atoms with Crippen molar-refractivity contribution in [3.63, 3.8) is 0 Å². The summed E-state index contributed by atoms with van der Waals surface area (Å²) in [6.45, 7) is 3.71. The van der Waals surface area contributed by atoms with Gasteiger partial charge in [0.05, 0.1) is 25.8 Å². The van der Waals surface area contributed by atoms with Crippen LogP contribution in [0, 0.1) is 6.92 Å². The fourth-order valence-electron chi connectivity index (χ4n) is 2.33. The third-order valence-corrected chi connectivity index (χ3v) is 5.85. The smallest absolute Gasteiger partial charge is 0.261 e. The first-order valence-corrected chi connectivity index (χ1v) is 9.87. The third kappa shape index (κ3) is 4.15. The lowest BCUT2D eigenvalue weighted by Crippen LogP contribution is -2.19. The lowest BCUT2D eigenvalue weighted by Gasteiger charge is -2.09. The Morgan fingerprint density at radius 3 is 2.56 bits per heavy atom. The van der Waals surface area contributed by atoms with E-state index in [4.69, 9.17) is 0 Å². The maximum Gasteiger partial charge on any atom is 0.261 e. The Morgan fingerprint density at radius 2 is 1.88 bits per heavy atom. The number of nitrogens with one attached hydrogen (secondary N) is 2. The molecule has 1 amide bonds. The van der Waals surface area contributed by atoms with Gasteiger partial charge in [-0.3, -0.25) is 9.52 Å². The number of carbonyl (C=O) groups is 1. The molecule has 0 saturated heterocycles. The molecule has 0 aliphatic rings. The quantitative estimate of drug-likeness (QED) is 0.717. The van der Waals surface area contributed by atoms with Crippen LogP contribution in [0.2, 0.25) is 0 Å². The van der Waals surface area contributed by atoms with Gasteiger partial charge in [-0.1, -0.05) is 12.1 Å². The summed E-state index contributed by atoms with van der Waals surface area (Å²) in [5.74, 6) is -0.132. The number of rotatable bonds is 5. The second-order valence-corrected chi connectivity index (χ2v) is 8.49. The number of anilines is 1. The number of hydrogen-bond acceptors (Lipinski definition) is 5. The van der Waals surface area contributed by atoms with Gasteiger partial charge in [-0.15, -0.1) is 11.3 Å². The third-order valence-electron chi connectivity index (χ3n) is 3.52. The molecule has 2 N–H and O–H groups in total. The SMILES string of the molecule is CC(=O)NCc1ccc(S(=O)(=O)Nc2ccc3nc(C)sc3c2)cc1. The van der Waals surface area contributed by atoms with Crippen molar-refractivity contribution in [2.24, 2.45) is 0 Å². The van der Waals surface area contributed by atoms with E-state index in [0.29, 0.717) is 12.2 Å². The zero-order valence-corrected chi connectivity index (χ0v) is 15.4. The van der Waals surface area contributed by atoms with Crippen molar-refractivity contribution in [3.8, 4) is 0 Å². The zero-order valence-electron chi connectivity index (χ0n) is 13.7. The first-order chi connectivity index (χ1) is 11.8. The standard InChI is InChI=1S/C17H17N3O3S2/c1-11(21)18-10-13-3-6-15(7-4-13)25(22,23)20-14-5-8-16-17(9-14)24-12(2)19-16/h3-9,20H,10H2,1-2H3,(H,18,21). The van der Waals surface area contributed by atoms with E-state index in [-0.39, 0.29) is 10.8 Å². The summed E-state index contributed by atoms with van der Waals surface area (Å²) in [6, 6.07) is 11.7. The van der Waals surface area contributed by atoms with Gasteiger partial charge in [0.15, 0.2) is 0 Å². The van der Waals surface area contributed by atoms with Crippen molar-refractivity contribution in [1.29, 1.82) is 0 Å². The summed E-state index contributed by atoms with van der Waals surface area (Å²) in [6.07, 6.45) is 0. The highest BCUT2D eigenvalue weighted by atomic mass is 32.2. The molecule has 0 bridgehead atoms. The maximum atomic E-state index is 12.5. The largest absolute Gasteiger partial charge is 0.352 e. The molecule has 0 aliphatic carbocycles. The molecule has 3 rings (SSSR count). The minimum absolute atomic E-state index is 0.132. The van der Waals surface area contributed by atoms with Crippen LogP contribution in [-0.4, -0.2) is 19.3 Å². The topological polar surface area (TPSA) is 88.2 Å². The summed E-state index contributed by atoms with van der Waals surface area (Å²) in [5.41, 5.74) is 2.18. The predicted molar refractivity (Wildman–Crippen MR) is 99.1 cm³/mol. The lowest BCUT2D eigenvalue weighted by molar-refractivity contribution is -0.119. The molecule has 6 nitrogen and oxygen atoms in total. The zero-order chi connectivity index (χ0) is 18.0. The van der Waals surface area contributed by atoms with Gasteiger partial charge < -0.3 is 5.32 Å². The number of hydrogen-bond donors (Lipinski definition) is 2. The van der Waals surface area contributed by atoms with Crippen molar-refractivity contribution in [2.75, 3.05) is 4.72 Å². The van der Waals surface area contributed by atoms with Crippen molar-refractivity contribution in [3.05, 3.63) is 53.0 Å². The van der Waals surface area contributed by atoms with Crippen LogP contribution >= 0.6 is 11.3 Å². The minimum atomic E-state index is -3.68. The molecule has 0 unspecified atom stereocenters. The normalized spacial score (nSPS) is 11.4. The molecule has 0 fully saturated rings. The fourth-order valence-corrected chi connectivity index (χ4v) is 4.25. The summed E-state index contributed by atoms with van der Waals surface area (Å²) >= 11 is 1.52. The van der Waals surface area contributed by atoms with E-state index in [9.17, 15) is 13.2 Å². The minimum Gasteiger partial charge on any atom is -0.352 e. The molecular weight excluding hydrogens is 358 g/mol. The van der Waals surface area contributed by atoms with E-state index in [0.717, 1.165) is 20.8 Å². The highest BCUT2D eigenvalue weighted by Gasteiger charge is 2.14. The maximum absolute atomic E-state index is 12.5. The molecule has 130 valence electrons. The first-order valence-electron chi connectivity index (χ1n) is 7.57. The molecule has 8 heteroatoms. The van der Waals surface area contributed by atoms with Crippen LogP contribution in [0.5, 0.6) is 0 Å². The van der Waals surface area contributed by atoms with Crippen LogP contribution < -0.4 is 10.0 Å². The molecule has 25 heavy (non-hydrogen) atoms. The van der Waals surface area contributed by atoms with Crippen molar-refractivity contribution < 1.29 is 13.2 Å². The summed E-state index contributed by atoms with van der Waals surface area (Å²) < 4.78 is 28.6. The second-order valence-electron chi connectivity index (χ2n) is 5.57. The molecule has 1 heterocycles. The second kappa shape index (κ2) is 6.81. The molecule has 3 aromatic rings. The Kier molecular flexibility index (Phi) is 4.73. The van der Waals surface area contributed by atoms with Gasteiger partial charge >= 0.3 is 0 Å². The molecule has 0 aliphatic heterocycles. The molecule has 2 aromatic carbocycles. The average Bonchev–Trinajstić information content (AvgIpc) is 2.92. The van der Waals surface area contributed by atoms with Crippen LogP contribution in [0.25, 0.3) is 10.2 Å². The first kappa shape index (κ1) is 17.4. The van der Waals surface area contributed by atoms with E-state index in [1.165, 1.54) is 30.4 Å². The van der Waals surface area contributed by atoms with Crippen LogP contribution in [0.1, 0.15) is 17.5 Å². The number of amides is 1. The van der Waals surface area contributed by atoms with Crippen LogP contribution in [0.3, 0.4) is 0 Å². The Hall–Kier alpha value is -2.45. The van der Waals surface area contributed by atoms with Crippen LogP contribution in [0.4, 0.5) is 5.69 Å². The van der Waals surface area contributed by atoms with Gasteiger partial charge in [0.1, 0.15) is 0 Å². The number of nitrogens with zero attached hydrogens (tertiary/aromatic N) is 1. The number of fused-ring (bicyclic) bond motifs is 1. The van der Waals surface area contributed by atoms with Crippen LogP contribution in [-0.2, 0) is 21.4 Å². The number of carbonyl (C=O) groups excluding carboxylic acids is 1. The molecule has 0 radical (unpaired) electrons. The highest BCUT2D eigenvalue weighted by Crippen LogP contribution is 2.26. The van der Waals surface area contributed by atoms with Crippen molar-refractivity contribution in [2.45, 2.75) is 25.3 Å². The van der Waals surface area contributed by atoms with Crippen molar-refractivity contribution >= 4 is 43.2 Å². The van der Waals surface area contributed by atoms with Gasteiger partial charge in [-0.2, -0.15) is 0 Å². The van der Waals surface area contributed by atoms with E-state index in [2.05, 4.69) is 15.0 Å². The number of aryl methyl sites for hydroxylation is 1. The Bertz CT molecular complexity index is 1020. The van der Waals surface area contributed by atoms with Gasteiger partial charge in [0, 0.05) is 13.5 Å². The van der Waals surface area contributed by atoms with Crippen molar-refractivity contribution in [1.82, 2.24) is 10.3 Å². The lowest BCUT2D eigenvalue weighted by atomic mass is 10.2. The fraction of sp³-hybridized carbons (Fsp3) is 0.176. The summed E-state index contributed by atoms with van der Waals surface area (Å²) in [4.78, 5) is 15.4. The number of thiazole rings is 1. The molecular formula is C17H17N3O3S2. The molecule has 0 spiro atoms. The van der Waals surface area contributed by atoms with Gasteiger partial charge in [0.25, 0.3) is 10.0 Å². The van der Waals surface area contributed by atoms with Gasteiger partial charge in [-0.25, -0.2) is 13.4 Å².